The number of benzene rings is 1. The van der Waals surface area contributed by atoms with Crippen LogP contribution in [0, 0.1) is 0 Å². The van der Waals surface area contributed by atoms with Crippen molar-refractivity contribution in [2.45, 2.75) is 12.5 Å². The van der Waals surface area contributed by atoms with Gasteiger partial charge in [0.1, 0.15) is 0 Å². The summed E-state index contributed by atoms with van der Waals surface area (Å²) in [5.74, 6) is 0. The average molecular weight is 383 g/mol. The van der Waals surface area contributed by atoms with E-state index in [1.807, 2.05) is 36.4 Å². The van der Waals surface area contributed by atoms with Gasteiger partial charge in [-0.1, -0.05) is 30.3 Å². The van der Waals surface area contributed by atoms with Crippen LogP contribution in [0.25, 0.3) is 11.3 Å². The minimum Gasteiger partial charge on any atom is -0.382 e. The Morgan fingerprint density at radius 3 is 2.50 bits per heavy atom. The lowest BCUT2D eigenvalue weighted by Gasteiger charge is -2.16. The third-order valence-electron chi connectivity index (χ3n) is 3.74. The van der Waals surface area contributed by atoms with Gasteiger partial charge in [-0.15, -0.1) is 0 Å². The summed E-state index contributed by atoms with van der Waals surface area (Å²) < 4.78 is 0.933. The molecule has 0 amide bonds. The molecule has 0 saturated carbocycles. The number of pyridine rings is 2. The molecule has 0 radical (unpaired) electrons. The number of rotatable bonds is 6. The van der Waals surface area contributed by atoms with Gasteiger partial charge >= 0.3 is 0 Å². The van der Waals surface area contributed by atoms with Gasteiger partial charge < -0.3 is 11.1 Å². The van der Waals surface area contributed by atoms with Crippen LogP contribution in [-0.2, 0) is 6.42 Å². The van der Waals surface area contributed by atoms with E-state index in [4.69, 9.17) is 5.73 Å². The van der Waals surface area contributed by atoms with Crippen molar-refractivity contribution in [1.82, 2.24) is 9.97 Å². The second kappa shape index (κ2) is 8.04. The van der Waals surface area contributed by atoms with Crippen molar-refractivity contribution in [3.05, 3.63) is 77.2 Å². The van der Waals surface area contributed by atoms with Crippen LogP contribution in [0.4, 0.5) is 5.69 Å². The molecule has 0 aliphatic rings. The second-order valence-corrected chi connectivity index (χ2v) is 6.38. The van der Waals surface area contributed by atoms with E-state index < -0.39 is 0 Å². The van der Waals surface area contributed by atoms with Crippen LogP contribution in [0.5, 0.6) is 0 Å². The zero-order valence-corrected chi connectivity index (χ0v) is 14.8. The molecular weight excluding hydrogens is 364 g/mol. The molecule has 0 bridgehead atoms. The number of hydrogen-bond donors (Lipinski definition) is 2. The molecule has 4 nitrogen and oxygen atoms in total. The first-order chi connectivity index (χ1) is 11.7. The highest BCUT2D eigenvalue weighted by Gasteiger charge is 2.10. The molecule has 1 aromatic carbocycles. The number of nitrogens with two attached hydrogens (primary N) is 1. The summed E-state index contributed by atoms with van der Waals surface area (Å²) in [5, 5.41) is 3.42. The molecule has 0 aliphatic heterocycles. The van der Waals surface area contributed by atoms with Crippen LogP contribution in [-0.4, -0.2) is 22.6 Å². The van der Waals surface area contributed by atoms with Crippen molar-refractivity contribution in [2.24, 2.45) is 5.73 Å². The molecule has 1 atom stereocenters. The van der Waals surface area contributed by atoms with Crippen molar-refractivity contribution in [2.75, 3.05) is 11.9 Å². The van der Waals surface area contributed by atoms with Crippen LogP contribution in [0.2, 0.25) is 0 Å². The summed E-state index contributed by atoms with van der Waals surface area (Å²) >= 11 is 3.65. The molecule has 24 heavy (non-hydrogen) atoms. The Labute approximate surface area is 150 Å². The smallest absolute Gasteiger partial charge is 0.0866 e. The minimum atomic E-state index is 0.0387. The zero-order chi connectivity index (χ0) is 16.8. The average Bonchev–Trinajstić information content (AvgIpc) is 2.62. The van der Waals surface area contributed by atoms with Crippen LogP contribution < -0.4 is 11.1 Å². The van der Waals surface area contributed by atoms with E-state index >= 15 is 0 Å². The van der Waals surface area contributed by atoms with Crippen LogP contribution in [0.3, 0.4) is 0 Å². The zero-order valence-electron chi connectivity index (χ0n) is 13.2. The minimum absolute atomic E-state index is 0.0387. The van der Waals surface area contributed by atoms with Crippen molar-refractivity contribution >= 4 is 21.6 Å². The maximum absolute atomic E-state index is 6.25. The topological polar surface area (TPSA) is 63.8 Å². The van der Waals surface area contributed by atoms with Gasteiger partial charge in [0, 0.05) is 36.7 Å². The van der Waals surface area contributed by atoms with E-state index in [2.05, 4.69) is 43.3 Å². The SMILES string of the molecule is NC(CNc1ccnc(-c2ccncc2)c1Br)Cc1ccccc1. The summed E-state index contributed by atoms with van der Waals surface area (Å²) in [5.41, 5.74) is 10.4. The predicted octanol–water partition coefficient (Wildman–Crippen LogP) is 3.89. The molecule has 2 heterocycles. The fourth-order valence-electron chi connectivity index (χ4n) is 2.52. The quantitative estimate of drug-likeness (QED) is 0.678. The van der Waals surface area contributed by atoms with Crippen molar-refractivity contribution in [1.29, 1.82) is 0 Å². The third-order valence-corrected chi connectivity index (χ3v) is 4.54. The molecule has 0 saturated heterocycles. The van der Waals surface area contributed by atoms with Gasteiger partial charge in [-0.25, -0.2) is 0 Å². The van der Waals surface area contributed by atoms with Crippen LogP contribution in [0.15, 0.2) is 71.6 Å². The fraction of sp³-hybridized carbons (Fsp3) is 0.158. The van der Waals surface area contributed by atoms with Crippen molar-refractivity contribution < 1.29 is 0 Å². The number of aromatic nitrogens is 2. The maximum Gasteiger partial charge on any atom is 0.0866 e. The molecule has 3 rings (SSSR count). The van der Waals surface area contributed by atoms with Gasteiger partial charge in [-0.3, -0.25) is 9.97 Å². The number of anilines is 1. The third kappa shape index (κ3) is 4.19. The van der Waals surface area contributed by atoms with E-state index in [1.165, 1.54) is 5.56 Å². The van der Waals surface area contributed by atoms with Gasteiger partial charge in [-0.05, 0) is 46.1 Å². The predicted molar refractivity (Wildman–Crippen MR) is 102 cm³/mol. The Bertz CT molecular complexity index is 778. The van der Waals surface area contributed by atoms with Gasteiger partial charge in [0.25, 0.3) is 0 Å². The molecule has 0 spiro atoms. The van der Waals surface area contributed by atoms with Crippen molar-refractivity contribution in [3.8, 4) is 11.3 Å². The largest absolute Gasteiger partial charge is 0.382 e. The fourth-order valence-corrected chi connectivity index (χ4v) is 3.13. The molecule has 2 aromatic heterocycles. The first kappa shape index (κ1) is 16.6. The lowest BCUT2D eigenvalue weighted by molar-refractivity contribution is 0.699. The van der Waals surface area contributed by atoms with Crippen LogP contribution >= 0.6 is 15.9 Å². The molecule has 3 aromatic rings. The van der Waals surface area contributed by atoms with Gasteiger partial charge in [-0.2, -0.15) is 0 Å². The lowest BCUT2D eigenvalue weighted by Crippen LogP contribution is -2.31. The first-order valence-corrected chi connectivity index (χ1v) is 8.61. The Balaban J connectivity index is 1.67. The van der Waals surface area contributed by atoms with E-state index in [-0.39, 0.29) is 6.04 Å². The van der Waals surface area contributed by atoms with E-state index in [0.717, 1.165) is 27.8 Å². The highest BCUT2D eigenvalue weighted by molar-refractivity contribution is 9.10. The highest BCUT2D eigenvalue weighted by atomic mass is 79.9. The monoisotopic (exact) mass is 382 g/mol. The number of nitrogens with one attached hydrogen (secondary N) is 1. The van der Waals surface area contributed by atoms with Gasteiger partial charge in [0.05, 0.1) is 15.9 Å². The summed E-state index contributed by atoms with van der Waals surface area (Å²) in [4.78, 5) is 8.51. The summed E-state index contributed by atoms with van der Waals surface area (Å²) in [7, 11) is 0. The first-order valence-electron chi connectivity index (χ1n) is 7.82. The number of nitrogens with zero attached hydrogens (tertiary/aromatic N) is 2. The number of halogens is 1. The summed E-state index contributed by atoms with van der Waals surface area (Å²) in [6, 6.07) is 16.2. The normalized spacial score (nSPS) is 11.9. The van der Waals surface area contributed by atoms with E-state index in [1.54, 1.807) is 18.6 Å². The maximum atomic E-state index is 6.25. The Kier molecular flexibility index (Phi) is 5.56. The standard InChI is InChI=1S/C19H19BrN4/c20-18-17(8-11-23-19(18)15-6-9-22-10-7-15)24-13-16(21)12-14-4-2-1-3-5-14/h1-11,16H,12-13,21H2,(H,23,24). The second-order valence-electron chi connectivity index (χ2n) is 5.59. The lowest BCUT2D eigenvalue weighted by atomic mass is 10.1. The summed E-state index contributed by atoms with van der Waals surface area (Å²) in [6.07, 6.45) is 6.16. The Hall–Kier alpha value is -2.24. The van der Waals surface area contributed by atoms with E-state index in [9.17, 15) is 0 Å². The molecule has 0 aliphatic carbocycles. The summed E-state index contributed by atoms with van der Waals surface area (Å²) in [6.45, 7) is 0.688. The molecule has 1 unspecified atom stereocenters. The molecular formula is C19H19BrN4. The molecule has 5 heteroatoms. The van der Waals surface area contributed by atoms with Crippen LogP contribution in [0.1, 0.15) is 5.56 Å². The van der Waals surface area contributed by atoms with Gasteiger partial charge in [0.2, 0.25) is 0 Å². The van der Waals surface area contributed by atoms with Crippen molar-refractivity contribution in [3.63, 3.8) is 0 Å². The molecule has 0 fully saturated rings. The number of hydrogen-bond acceptors (Lipinski definition) is 4. The van der Waals surface area contributed by atoms with Gasteiger partial charge in [0.15, 0.2) is 0 Å². The highest BCUT2D eigenvalue weighted by Crippen LogP contribution is 2.31. The molecule has 122 valence electrons. The Morgan fingerprint density at radius 2 is 1.75 bits per heavy atom. The molecule has 3 N–H and O–H groups in total. The van der Waals surface area contributed by atoms with E-state index in [0.29, 0.717) is 6.54 Å². The Morgan fingerprint density at radius 1 is 1.00 bits per heavy atom.